The molecule has 62 valence electrons. The van der Waals surface area contributed by atoms with Crippen molar-refractivity contribution in [3.05, 3.63) is 12.2 Å². The summed E-state index contributed by atoms with van der Waals surface area (Å²) in [6.45, 7) is 10.2. The summed E-state index contributed by atoms with van der Waals surface area (Å²) in [7, 11) is 0. The summed E-state index contributed by atoms with van der Waals surface area (Å²) < 4.78 is 0. The van der Waals surface area contributed by atoms with Gasteiger partial charge in [0.1, 0.15) is 0 Å². The Labute approximate surface area is 69.7 Å². The molecule has 0 aliphatic rings. The maximum absolute atomic E-state index is 8.54. The zero-order chi connectivity index (χ0) is 8.91. The largest absolute Gasteiger partial charge is 0.193 e. The molecule has 0 aromatic heterocycles. The molecule has 0 spiro atoms. The van der Waals surface area contributed by atoms with Crippen LogP contribution in [0.2, 0.25) is 0 Å². The maximum atomic E-state index is 8.54. The lowest BCUT2D eigenvalue weighted by Gasteiger charge is -2.25. The van der Waals surface area contributed by atoms with Gasteiger partial charge in [-0.15, -0.1) is 0 Å². The molecule has 0 atom stereocenters. The highest BCUT2D eigenvalue weighted by atomic mass is 14.3. The summed E-state index contributed by atoms with van der Waals surface area (Å²) in [4.78, 5) is 0. The lowest BCUT2D eigenvalue weighted by Crippen LogP contribution is -2.13. The molecular weight excluding hydrogens is 134 g/mol. The number of hydrogen-bond acceptors (Lipinski definition) is 1. The van der Waals surface area contributed by atoms with Crippen LogP contribution in [0, 0.1) is 16.7 Å². The minimum absolute atomic E-state index is 0.285. The molecule has 0 saturated heterocycles. The van der Waals surface area contributed by atoms with E-state index in [4.69, 9.17) is 5.26 Å². The minimum atomic E-state index is 0.285. The fourth-order valence-corrected chi connectivity index (χ4v) is 1.05. The van der Waals surface area contributed by atoms with Crippen molar-refractivity contribution in [2.45, 2.75) is 40.0 Å². The molecule has 0 radical (unpaired) electrons. The van der Waals surface area contributed by atoms with Crippen molar-refractivity contribution in [1.29, 1.82) is 5.26 Å². The molecular formula is C10H17N. The van der Waals surface area contributed by atoms with E-state index in [2.05, 4.69) is 33.4 Å². The third kappa shape index (κ3) is 3.23. The molecule has 0 fully saturated rings. The molecule has 11 heavy (non-hydrogen) atoms. The lowest BCUT2D eigenvalue weighted by atomic mass is 9.79. The van der Waals surface area contributed by atoms with Crippen molar-refractivity contribution in [3.8, 4) is 6.07 Å². The van der Waals surface area contributed by atoms with Crippen LogP contribution in [-0.2, 0) is 0 Å². The van der Waals surface area contributed by atoms with Crippen molar-refractivity contribution >= 4 is 0 Å². The van der Waals surface area contributed by atoms with E-state index in [1.807, 2.05) is 0 Å². The van der Waals surface area contributed by atoms with E-state index in [-0.39, 0.29) is 5.41 Å². The molecule has 0 rings (SSSR count). The van der Waals surface area contributed by atoms with Crippen LogP contribution < -0.4 is 0 Å². The van der Waals surface area contributed by atoms with Crippen LogP contribution >= 0.6 is 0 Å². The highest BCUT2D eigenvalue weighted by Gasteiger charge is 2.20. The second-order valence-electron chi connectivity index (χ2n) is 3.41. The molecule has 1 nitrogen and oxygen atoms in total. The van der Waals surface area contributed by atoms with E-state index in [0.717, 1.165) is 19.3 Å². The van der Waals surface area contributed by atoms with Crippen LogP contribution in [0.1, 0.15) is 40.0 Å². The average Bonchev–Trinajstić information content (AvgIpc) is 2.04. The molecule has 0 N–H and O–H groups in total. The first-order valence-corrected chi connectivity index (χ1v) is 4.16. The van der Waals surface area contributed by atoms with Crippen LogP contribution in [0.3, 0.4) is 0 Å². The van der Waals surface area contributed by atoms with Gasteiger partial charge >= 0.3 is 0 Å². The zero-order valence-electron chi connectivity index (χ0n) is 7.78. The Morgan fingerprint density at radius 2 is 1.91 bits per heavy atom. The predicted octanol–water partition coefficient (Wildman–Crippen LogP) is 3.28. The van der Waals surface area contributed by atoms with Crippen LogP contribution in [0.5, 0.6) is 0 Å². The third-order valence-electron chi connectivity index (χ3n) is 2.51. The molecule has 0 aromatic rings. The molecule has 0 bridgehead atoms. The SMILES string of the molecule is C=C(C#N)CC(C)(CC)CC. The molecule has 0 amide bonds. The second kappa shape index (κ2) is 4.18. The van der Waals surface area contributed by atoms with Gasteiger partial charge in [0.2, 0.25) is 0 Å². The van der Waals surface area contributed by atoms with Gasteiger partial charge in [0.15, 0.2) is 0 Å². The van der Waals surface area contributed by atoms with Gasteiger partial charge in [0.05, 0.1) is 6.07 Å². The van der Waals surface area contributed by atoms with Crippen LogP contribution in [0.15, 0.2) is 12.2 Å². The van der Waals surface area contributed by atoms with E-state index in [0.29, 0.717) is 5.57 Å². The summed E-state index contributed by atoms with van der Waals surface area (Å²) in [5.41, 5.74) is 0.989. The van der Waals surface area contributed by atoms with Crippen LogP contribution in [0.4, 0.5) is 0 Å². The molecule has 0 aromatic carbocycles. The third-order valence-corrected chi connectivity index (χ3v) is 2.51. The fraction of sp³-hybridized carbons (Fsp3) is 0.700. The second-order valence-corrected chi connectivity index (χ2v) is 3.41. The number of allylic oxidation sites excluding steroid dienone is 1. The first-order chi connectivity index (χ1) is 5.08. The first-order valence-electron chi connectivity index (χ1n) is 4.16. The summed E-state index contributed by atoms with van der Waals surface area (Å²) in [6.07, 6.45) is 3.07. The van der Waals surface area contributed by atoms with E-state index < -0.39 is 0 Å². The summed E-state index contributed by atoms with van der Waals surface area (Å²) in [6, 6.07) is 2.09. The predicted molar refractivity (Wildman–Crippen MR) is 48.1 cm³/mol. The Kier molecular flexibility index (Phi) is 3.89. The quantitative estimate of drug-likeness (QED) is 0.566. The highest BCUT2D eigenvalue weighted by molar-refractivity contribution is 5.17. The van der Waals surface area contributed by atoms with Gasteiger partial charge in [-0.05, 0) is 11.8 Å². The van der Waals surface area contributed by atoms with Gasteiger partial charge in [-0.2, -0.15) is 5.26 Å². The van der Waals surface area contributed by atoms with Gasteiger partial charge < -0.3 is 0 Å². The van der Waals surface area contributed by atoms with Gasteiger partial charge in [-0.25, -0.2) is 0 Å². The molecule has 0 aliphatic carbocycles. The van der Waals surface area contributed by atoms with Crippen LogP contribution in [-0.4, -0.2) is 0 Å². The monoisotopic (exact) mass is 151 g/mol. The fourth-order valence-electron chi connectivity index (χ4n) is 1.05. The van der Waals surface area contributed by atoms with Crippen molar-refractivity contribution < 1.29 is 0 Å². The van der Waals surface area contributed by atoms with Gasteiger partial charge in [-0.1, -0.05) is 40.2 Å². The number of nitriles is 1. The Hall–Kier alpha value is -0.770. The first kappa shape index (κ1) is 10.2. The molecule has 0 saturated carbocycles. The normalized spacial score (nSPS) is 10.7. The van der Waals surface area contributed by atoms with E-state index >= 15 is 0 Å². The van der Waals surface area contributed by atoms with Crippen molar-refractivity contribution in [2.75, 3.05) is 0 Å². The van der Waals surface area contributed by atoms with E-state index in [1.165, 1.54) is 0 Å². The number of rotatable bonds is 4. The summed E-state index contributed by atoms with van der Waals surface area (Å²) in [5.74, 6) is 0. The maximum Gasteiger partial charge on any atom is 0.0941 e. The van der Waals surface area contributed by atoms with Crippen molar-refractivity contribution in [1.82, 2.24) is 0 Å². The zero-order valence-corrected chi connectivity index (χ0v) is 7.78. The molecule has 1 heteroatoms. The Balaban J connectivity index is 4.10. The topological polar surface area (TPSA) is 23.8 Å². The molecule has 0 heterocycles. The van der Waals surface area contributed by atoms with E-state index in [9.17, 15) is 0 Å². The smallest absolute Gasteiger partial charge is 0.0941 e. The van der Waals surface area contributed by atoms with Gasteiger partial charge in [-0.3, -0.25) is 0 Å². The summed E-state index contributed by atoms with van der Waals surface area (Å²) in [5, 5.41) is 8.54. The van der Waals surface area contributed by atoms with Crippen molar-refractivity contribution in [3.63, 3.8) is 0 Å². The summed E-state index contributed by atoms with van der Waals surface area (Å²) >= 11 is 0. The van der Waals surface area contributed by atoms with E-state index in [1.54, 1.807) is 0 Å². The number of nitrogens with zero attached hydrogens (tertiary/aromatic N) is 1. The van der Waals surface area contributed by atoms with Crippen molar-refractivity contribution in [2.24, 2.45) is 5.41 Å². The highest BCUT2D eigenvalue weighted by Crippen LogP contribution is 2.31. The minimum Gasteiger partial charge on any atom is -0.193 e. The average molecular weight is 151 g/mol. The van der Waals surface area contributed by atoms with Gasteiger partial charge in [0.25, 0.3) is 0 Å². The Morgan fingerprint density at radius 3 is 2.18 bits per heavy atom. The van der Waals surface area contributed by atoms with Crippen LogP contribution in [0.25, 0.3) is 0 Å². The molecule has 0 aliphatic heterocycles. The standard InChI is InChI=1S/C10H17N/c1-5-10(4,6-2)7-9(3)8-11/h3,5-7H2,1-2,4H3. The lowest BCUT2D eigenvalue weighted by molar-refractivity contribution is 0.298. The Morgan fingerprint density at radius 1 is 1.45 bits per heavy atom. The Bertz CT molecular complexity index is 170. The van der Waals surface area contributed by atoms with Gasteiger partial charge in [0, 0.05) is 5.57 Å². The molecule has 0 unspecified atom stereocenters. The number of hydrogen-bond donors (Lipinski definition) is 0.